The van der Waals surface area contributed by atoms with E-state index in [1.54, 1.807) is 24.4 Å². The molecule has 0 amide bonds. The zero-order valence-corrected chi connectivity index (χ0v) is 11.4. The molecule has 0 radical (unpaired) electrons. The summed E-state index contributed by atoms with van der Waals surface area (Å²) in [4.78, 5) is 3.99. The minimum atomic E-state index is -0.369. The van der Waals surface area contributed by atoms with Crippen LogP contribution in [0.15, 0.2) is 36.5 Å². The van der Waals surface area contributed by atoms with Gasteiger partial charge in [0.15, 0.2) is 11.6 Å². The number of halogens is 2. The van der Waals surface area contributed by atoms with Gasteiger partial charge in [-0.15, -0.1) is 0 Å². The molecule has 0 saturated carbocycles. The maximum Gasteiger partial charge on any atom is 0.165 e. The molecule has 1 aromatic carbocycles. The van der Waals surface area contributed by atoms with Gasteiger partial charge in [-0.05, 0) is 36.8 Å². The number of aromatic nitrogens is 1. The molecule has 2 aromatic rings. The van der Waals surface area contributed by atoms with Crippen molar-refractivity contribution in [2.75, 3.05) is 12.4 Å². The van der Waals surface area contributed by atoms with E-state index in [9.17, 15) is 4.39 Å². The predicted molar refractivity (Wildman–Crippen MR) is 74.2 cm³/mol. The highest BCUT2D eigenvalue weighted by molar-refractivity contribution is 6.29. The van der Waals surface area contributed by atoms with Gasteiger partial charge in [0.2, 0.25) is 0 Å². The van der Waals surface area contributed by atoms with Crippen molar-refractivity contribution in [3.05, 3.63) is 53.1 Å². The number of nitrogens with zero attached hydrogens (tertiary/aromatic N) is 1. The van der Waals surface area contributed by atoms with Crippen LogP contribution in [-0.2, 0) is 0 Å². The first-order valence-electron chi connectivity index (χ1n) is 5.81. The van der Waals surface area contributed by atoms with E-state index in [-0.39, 0.29) is 17.6 Å². The molecule has 1 aromatic heterocycles. The number of rotatable bonds is 4. The lowest BCUT2D eigenvalue weighted by molar-refractivity contribution is 0.385. The van der Waals surface area contributed by atoms with Gasteiger partial charge in [-0.2, -0.15) is 0 Å². The zero-order chi connectivity index (χ0) is 13.8. The van der Waals surface area contributed by atoms with E-state index < -0.39 is 0 Å². The monoisotopic (exact) mass is 280 g/mol. The van der Waals surface area contributed by atoms with Crippen molar-refractivity contribution in [3.8, 4) is 5.75 Å². The molecule has 0 bridgehead atoms. The summed E-state index contributed by atoms with van der Waals surface area (Å²) in [7, 11) is 1.45. The number of hydrogen-bond donors (Lipinski definition) is 1. The Balaban J connectivity index is 2.15. The Morgan fingerprint density at radius 3 is 2.74 bits per heavy atom. The summed E-state index contributed by atoms with van der Waals surface area (Å²) in [5, 5.41) is 3.70. The number of anilines is 1. The van der Waals surface area contributed by atoms with Crippen molar-refractivity contribution >= 4 is 17.3 Å². The van der Waals surface area contributed by atoms with Crippen LogP contribution in [0.4, 0.5) is 10.1 Å². The predicted octanol–water partition coefficient (Wildman–Crippen LogP) is 4.06. The van der Waals surface area contributed by atoms with Crippen LogP contribution in [0, 0.1) is 5.82 Å². The smallest absolute Gasteiger partial charge is 0.165 e. The van der Waals surface area contributed by atoms with Crippen LogP contribution in [0.2, 0.25) is 5.15 Å². The van der Waals surface area contributed by atoms with E-state index in [1.165, 1.54) is 13.2 Å². The standard InChI is InChI=1S/C14H14ClFN2O/c1-9(18-11-4-6-14(15)17-8-11)10-3-5-12(16)13(7-10)19-2/h3-9,18H,1-2H3. The van der Waals surface area contributed by atoms with Crippen LogP contribution < -0.4 is 10.1 Å². The number of nitrogens with one attached hydrogen (secondary N) is 1. The number of hydrogen-bond acceptors (Lipinski definition) is 3. The number of ether oxygens (including phenoxy) is 1. The van der Waals surface area contributed by atoms with Crippen molar-refractivity contribution < 1.29 is 9.13 Å². The maximum absolute atomic E-state index is 13.3. The molecule has 5 heteroatoms. The van der Waals surface area contributed by atoms with Crippen molar-refractivity contribution in [2.24, 2.45) is 0 Å². The fourth-order valence-corrected chi connectivity index (χ4v) is 1.85. The summed E-state index contributed by atoms with van der Waals surface area (Å²) >= 11 is 5.73. The average Bonchev–Trinajstić information content (AvgIpc) is 2.42. The first-order chi connectivity index (χ1) is 9.10. The van der Waals surface area contributed by atoms with E-state index in [2.05, 4.69) is 10.3 Å². The number of pyridine rings is 1. The van der Waals surface area contributed by atoms with Crippen LogP contribution in [0.3, 0.4) is 0 Å². The summed E-state index contributed by atoms with van der Waals surface area (Å²) in [6, 6.07) is 8.34. The maximum atomic E-state index is 13.3. The molecule has 1 heterocycles. The fraction of sp³-hybridized carbons (Fsp3) is 0.214. The van der Waals surface area contributed by atoms with Crippen molar-refractivity contribution in [1.29, 1.82) is 0 Å². The summed E-state index contributed by atoms with van der Waals surface area (Å²) in [5.74, 6) is -0.132. The van der Waals surface area contributed by atoms with Crippen LogP contribution in [0.5, 0.6) is 5.75 Å². The highest BCUT2D eigenvalue weighted by Crippen LogP contribution is 2.25. The summed E-state index contributed by atoms with van der Waals surface area (Å²) < 4.78 is 18.3. The molecule has 0 aliphatic rings. The van der Waals surface area contributed by atoms with E-state index in [0.29, 0.717) is 5.15 Å². The molecule has 1 atom stereocenters. The van der Waals surface area contributed by atoms with Gasteiger partial charge in [0.1, 0.15) is 5.15 Å². The molecule has 100 valence electrons. The summed E-state index contributed by atoms with van der Waals surface area (Å²) in [6.07, 6.45) is 1.65. The average molecular weight is 281 g/mol. The molecule has 0 spiro atoms. The lowest BCUT2D eigenvalue weighted by Gasteiger charge is -2.16. The quantitative estimate of drug-likeness (QED) is 0.858. The molecular weight excluding hydrogens is 267 g/mol. The van der Waals surface area contributed by atoms with Crippen LogP contribution >= 0.6 is 11.6 Å². The van der Waals surface area contributed by atoms with Gasteiger partial charge in [0.25, 0.3) is 0 Å². The lowest BCUT2D eigenvalue weighted by Crippen LogP contribution is -2.07. The summed E-state index contributed by atoms with van der Waals surface area (Å²) in [6.45, 7) is 1.97. The van der Waals surface area contributed by atoms with Crippen molar-refractivity contribution in [1.82, 2.24) is 4.98 Å². The van der Waals surface area contributed by atoms with Gasteiger partial charge in [-0.3, -0.25) is 0 Å². The molecule has 19 heavy (non-hydrogen) atoms. The lowest BCUT2D eigenvalue weighted by atomic mass is 10.1. The Labute approximate surface area is 116 Å². The van der Waals surface area contributed by atoms with E-state index in [4.69, 9.17) is 16.3 Å². The minimum Gasteiger partial charge on any atom is -0.494 e. The molecule has 0 aliphatic heterocycles. The van der Waals surface area contributed by atoms with E-state index >= 15 is 0 Å². The van der Waals surface area contributed by atoms with Crippen LogP contribution in [-0.4, -0.2) is 12.1 Å². The van der Waals surface area contributed by atoms with Crippen molar-refractivity contribution in [3.63, 3.8) is 0 Å². The highest BCUT2D eigenvalue weighted by atomic mass is 35.5. The Morgan fingerprint density at radius 1 is 1.32 bits per heavy atom. The molecule has 1 unspecified atom stereocenters. The second kappa shape index (κ2) is 5.89. The van der Waals surface area contributed by atoms with Crippen LogP contribution in [0.1, 0.15) is 18.5 Å². The largest absolute Gasteiger partial charge is 0.494 e. The Bertz CT molecular complexity index is 560. The van der Waals surface area contributed by atoms with Crippen molar-refractivity contribution in [2.45, 2.75) is 13.0 Å². The molecular formula is C14H14ClFN2O. The molecule has 1 N–H and O–H groups in total. The van der Waals surface area contributed by atoms with Gasteiger partial charge in [-0.1, -0.05) is 17.7 Å². The van der Waals surface area contributed by atoms with Gasteiger partial charge in [0, 0.05) is 6.04 Å². The number of benzene rings is 1. The second-order valence-electron chi connectivity index (χ2n) is 4.13. The normalized spacial score (nSPS) is 12.0. The third kappa shape index (κ3) is 3.35. The van der Waals surface area contributed by atoms with E-state index in [1.807, 2.05) is 13.0 Å². The van der Waals surface area contributed by atoms with Gasteiger partial charge in [-0.25, -0.2) is 9.37 Å². The summed E-state index contributed by atoms with van der Waals surface area (Å²) in [5.41, 5.74) is 1.77. The first kappa shape index (κ1) is 13.6. The van der Waals surface area contributed by atoms with Gasteiger partial charge in [0.05, 0.1) is 19.0 Å². The van der Waals surface area contributed by atoms with Gasteiger partial charge >= 0.3 is 0 Å². The fourth-order valence-electron chi connectivity index (χ4n) is 1.74. The van der Waals surface area contributed by atoms with Crippen LogP contribution in [0.25, 0.3) is 0 Å². The Morgan fingerprint density at radius 2 is 2.11 bits per heavy atom. The van der Waals surface area contributed by atoms with Gasteiger partial charge < -0.3 is 10.1 Å². The topological polar surface area (TPSA) is 34.1 Å². The SMILES string of the molecule is COc1cc(C(C)Nc2ccc(Cl)nc2)ccc1F. The third-order valence-corrected chi connectivity index (χ3v) is 3.01. The molecule has 2 rings (SSSR count). The van der Waals surface area contributed by atoms with E-state index in [0.717, 1.165) is 11.3 Å². The Hall–Kier alpha value is -1.81. The molecule has 0 saturated heterocycles. The highest BCUT2D eigenvalue weighted by Gasteiger charge is 2.09. The number of methoxy groups -OCH3 is 1. The zero-order valence-electron chi connectivity index (χ0n) is 10.7. The molecule has 0 aliphatic carbocycles. The molecule has 3 nitrogen and oxygen atoms in total. The minimum absolute atomic E-state index is 0.00234. The molecule has 0 fully saturated rings. The third-order valence-electron chi connectivity index (χ3n) is 2.79. The second-order valence-corrected chi connectivity index (χ2v) is 4.52. The Kier molecular flexibility index (Phi) is 4.22. The first-order valence-corrected chi connectivity index (χ1v) is 6.19.